The van der Waals surface area contributed by atoms with Gasteiger partial charge in [0.25, 0.3) is 0 Å². The van der Waals surface area contributed by atoms with E-state index in [9.17, 15) is 9.59 Å². The minimum absolute atomic E-state index is 0.101. The quantitative estimate of drug-likeness (QED) is 0.293. The van der Waals surface area contributed by atoms with Gasteiger partial charge in [0, 0.05) is 12.2 Å². The Morgan fingerprint density at radius 3 is 2.17 bits per heavy atom. The molecule has 0 rings (SSSR count). The molecule has 0 aliphatic rings. The summed E-state index contributed by atoms with van der Waals surface area (Å²) in [7, 11) is -0.557. The Morgan fingerprint density at radius 2 is 1.65 bits per heavy atom. The maximum Gasteiger partial charge on any atom is 0.331 e. The van der Waals surface area contributed by atoms with Crippen LogP contribution in [0.3, 0.4) is 0 Å². The number of hydrogen-bond acceptors (Lipinski definition) is 5. The summed E-state index contributed by atoms with van der Waals surface area (Å²) < 4.78 is 15.3. The highest BCUT2D eigenvalue weighted by atomic mass is 28.4. The Kier molecular flexibility index (Phi) is 8.79. The van der Waals surface area contributed by atoms with Crippen LogP contribution in [0.25, 0.3) is 0 Å². The topological polar surface area (TPSA) is 61.8 Å². The van der Waals surface area contributed by atoms with Gasteiger partial charge in [-0.15, -0.1) is 0 Å². The van der Waals surface area contributed by atoms with Gasteiger partial charge in [0.1, 0.15) is 6.61 Å². The molecular weight excluding hydrogens is 312 g/mol. The van der Waals surface area contributed by atoms with Crippen molar-refractivity contribution in [2.75, 3.05) is 20.3 Å². The standard InChI is InChI=1S/C17H28O5Si/c1-14(13-22-23(6,7)17(2,3)4)9-8-12-21-16(19)11-10-15(18)20-5/h8-11H,1,12-13H2,2-7H3/b9-8+,11-10+. The van der Waals surface area contributed by atoms with Crippen LogP contribution in [-0.2, 0) is 23.5 Å². The summed E-state index contributed by atoms with van der Waals surface area (Å²) in [6, 6.07) is 0. The number of hydrogen-bond donors (Lipinski definition) is 0. The molecule has 0 saturated heterocycles. The molecule has 0 aromatic carbocycles. The molecule has 5 nitrogen and oxygen atoms in total. The zero-order chi connectivity index (χ0) is 18.1. The minimum Gasteiger partial charge on any atom is -0.466 e. The lowest BCUT2D eigenvalue weighted by Gasteiger charge is -2.36. The first-order valence-electron chi connectivity index (χ1n) is 7.40. The third-order valence-electron chi connectivity index (χ3n) is 3.66. The molecule has 0 aliphatic carbocycles. The number of ether oxygens (including phenoxy) is 2. The summed E-state index contributed by atoms with van der Waals surface area (Å²) in [5.41, 5.74) is 0.816. The zero-order valence-corrected chi connectivity index (χ0v) is 16.0. The smallest absolute Gasteiger partial charge is 0.331 e. The Bertz CT molecular complexity index is 484. The Morgan fingerprint density at radius 1 is 1.09 bits per heavy atom. The Labute approximate surface area is 140 Å². The van der Waals surface area contributed by atoms with Gasteiger partial charge < -0.3 is 13.9 Å². The van der Waals surface area contributed by atoms with Gasteiger partial charge in [-0.1, -0.05) is 33.4 Å². The predicted molar refractivity (Wildman–Crippen MR) is 93.5 cm³/mol. The maximum atomic E-state index is 11.3. The fourth-order valence-electron chi connectivity index (χ4n) is 1.14. The first-order chi connectivity index (χ1) is 10.5. The van der Waals surface area contributed by atoms with Crippen LogP contribution >= 0.6 is 0 Å². The SMILES string of the molecule is C=C(/C=C/COC(=O)/C=C/C(=O)OC)CO[Si](C)(C)C(C)(C)C. The van der Waals surface area contributed by atoms with Crippen LogP contribution in [-0.4, -0.2) is 40.6 Å². The van der Waals surface area contributed by atoms with E-state index in [-0.39, 0.29) is 11.6 Å². The van der Waals surface area contributed by atoms with E-state index >= 15 is 0 Å². The van der Waals surface area contributed by atoms with Crippen molar-refractivity contribution < 1.29 is 23.5 Å². The molecule has 0 saturated carbocycles. The average Bonchev–Trinajstić information content (AvgIpc) is 2.45. The van der Waals surface area contributed by atoms with Gasteiger partial charge in [0.15, 0.2) is 8.32 Å². The van der Waals surface area contributed by atoms with Crippen LogP contribution in [0.15, 0.2) is 36.5 Å². The van der Waals surface area contributed by atoms with Crippen LogP contribution in [0.1, 0.15) is 20.8 Å². The minimum atomic E-state index is -1.79. The highest BCUT2D eigenvalue weighted by Crippen LogP contribution is 2.36. The van der Waals surface area contributed by atoms with Crippen molar-refractivity contribution in [2.45, 2.75) is 38.9 Å². The van der Waals surface area contributed by atoms with Crippen LogP contribution in [0.4, 0.5) is 0 Å². The van der Waals surface area contributed by atoms with E-state index in [4.69, 9.17) is 9.16 Å². The fraction of sp³-hybridized carbons (Fsp3) is 0.529. The summed E-state index contributed by atoms with van der Waals surface area (Å²) >= 11 is 0. The largest absolute Gasteiger partial charge is 0.466 e. The summed E-state index contributed by atoms with van der Waals surface area (Å²) in [5, 5.41) is 0.151. The lowest BCUT2D eigenvalue weighted by Crippen LogP contribution is -2.41. The predicted octanol–water partition coefficient (Wildman–Crippen LogP) is 3.39. The third-order valence-corrected chi connectivity index (χ3v) is 8.14. The molecule has 0 heterocycles. The van der Waals surface area contributed by atoms with Gasteiger partial charge in [-0.25, -0.2) is 9.59 Å². The van der Waals surface area contributed by atoms with Gasteiger partial charge in [-0.05, 0) is 29.8 Å². The second-order valence-electron chi connectivity index (χ2n) is 6.60. The summed E-state index contributed by atoms with van der Waals surface area (Å²) in [5.74, 6) is -1.21. The lowest BCUT2D eigenvalue weighted by atomic mass is 10.2. The highest BCUT2D eigenvalue weighted by molar-refractivity contribution is 6.74. The number of carbonyl (C=O) groups is 2. The van der Waals surface area contributed by atoms with Crippen LogP contribution in [0.5, 0.6) is 0 Å². The van der Waals surface area contributed by atoms with Crippen LogP contribution < -0.4 is 0 Å². The van der Waals surface area contributed by atoms with E-state index in [1.807, 2.05) is 0 Å². The van der Waals surface area contributed by atoms with Gasteiger partial charge in [0.2, 0.25) is 0 Å². The molecular formula is C17H28O5Si. The van der Waals surface area contributed by atoms with Gasteiger partial charge in [-0.3, -0.25) is 0 Å². The molecule has 6 heteroatoms. The molecule has 23 heavy (non-hydrogen) atoms. The molecule has 0 aliphatic heterocycles. The van der Waals surface area contributed by atoms with Crippen LogP contribution in [0, 0.1) is 0 Å². The summed E-state index contributed by atoms with van der Waals surface area (Å²) in [6.07, 6.45) is 5.48. The van der Waals surface area contributed by atoms with Crippen molar-refractivity contribution in [3.8, 4) is 0 Å². The molecule has 0 amide bonds. The van der Waals surface area contributed by atoms with Gasteiger partial charge >= 0.3 is 11.9 Å². The van der Waals surface area contributed by atoms with E-state index in [2.05, 4.69) is 45.2 Å². The number of methoxy groups -OCH3 is 1. The van der Waals surface area contributed by atoms with Crippen molar-refractivity contribution in [1.82, 2.24) is 0 Å². The second-order valence-corrected chi connectivity index (χ2v) is 11.4. The average molecular weight is 340 g/mol. The first-order valence-corrected chi connectivity index (χ1v) is 10.3. The molecule has 0 atom stereocenters. The number of rotatable bonds is 8. The Hall–Kier alpha value is -1.66. The normalized spacial score (nSPS) is 12.6. The molecule has 0 radical (unpaired) electrons. The van der Waals surface area contributed by atoms with E-state index in [0.29, 0.717) is 6.61 Å². The van der Waals surface area contributed by atoms with E-state index in [1.165, 1.54) is 7.11 Å². The van der Waals surface area contributed by atoms with Crippen molar-refractivity contribution in [1.29, 1.82) is 0 Å². The third kappa shape index (κ3) is 9.15. The molecule has 0 spiro atoms. The number of esters is 2. The fourth-order valence-corrected chi connectivity index (χ4v) is 2.11. The first kappa shape index (κ1) is 21.3. The second kappa shape index (κ2) is 9.47. The molecule has 0 aromatic rings. The van der Waals surface area contributed by atoms with Crippen molar-refractivity contribution in [3.63, 3.8) is 0 Å². The zero-order valence-electron chi connectivity index (χ0n) is 15.0. The highest BCUT2D eigenvalue weighted by Gasteiger charge is 2.36. The summed E-state index contributed by atoms with van der Waals surface area (Å²) in [4.78, 5) is 22.1. The number of carbonyl (C=O) groups excluding carboxylic acids is 2. The maximum absolute atomic E-state index is 11.3. The molecule has 0 bridgehead atoms. The Balaban J connectivity index is 4.14. The van der Waals surface area contributed by atoms with Gasteiger partial charge in [-0.2, -0.15) is 0 Å². The molecule has 130 valence electrons. The lowest BCUT2D eigenvalue weighted by molar-refractivity contribution is -0.138. The van der Waals surface area contributed by atoms with E-state index in [0.717, 1.165) is 17.7 Å². The summed E-state index contributed by atoms with van der Waals surface area (Å²) in [6.45, 7) is 15.4. The van der Waals surface area contributed by atoms with E-state index < -0.39 is 20.3 Å². The monoisotopic (exact) mass is 340 g/mol. The van der Waals surface area contributed by atoms with Gasteiger partial charge in [0.05, 0.1) is 13.7 Å². The molecule has 0 aromatic heterocycles. The van der Waals surface area contributed by atoms with Crippen molar-refractivity contribution in [2.24, 2.45) is 0 Å². The van der Waals surface area contributed by atoms with Crippen molar-refractivity contribution in [3.05, 3.63) is 36.5 Å². The molecule has 0 N–H and O–H groups in total. The van der Waals surface area contributed by atoms with Crippen LogP contribution in [0.2, 0.25) is 18.1 Å². The molecule has 0 fully saturated rings. The van der Waals surface area contributed by atoms with E-state index in [1.54, 1.807) is 12.2 Å². The molecule has 0 unspecified atom stereocenters. The van der Waals surface area contributed by atoms with Crippen molar-refractivity contribution >= 4 is 20.3 Å².